The lowest BCUT2D eigenvalue weighted by Gasteiger charge is -2.44. The molecule has 12 heteroatoms. The fraction of sp³-hybridized carbons (Fsp3) is 0.415. The third-order valence-electron chi connectivity index (χ3n) is 17.2. The highest BCUT2D eigenvalue weighted by atomic mass is 35.5. The summed E-state index contributed by atoms with van der Waals surface area (Å²) in [4.78, 5) is 38.7. The highest BCUT2D eigenvalue weighted by Gasteiger charge is 2.37. The van der Waals surface area contributed by atoms with E-state index in [0.29, 0.717) is 42.5 Å². The van der Waals surface area contributed by atoms with Gasteiger partial charge in [-0.25, -0.2) is 0 Å². The van der Waals surface area contributed by atoms with Crippen molar-refractivity contribution in [3.63, 3.8) is 0 Å². The van der Waals surface area contributed by atoms with Gasteiger partial charge in [0.15, 0.2) is 0 Å². The maximum atomic E-state index is 13.8. The Morgan fingerprint density at radius 2 is 0.818 bits per heavy atom. The number of benzene rings is 6. The summed E-state index contributed by atoms with van der Waals surface area (Å²) in [6.07, 6.45) is 7.87. The number of piperidine rings is 2. The second-order valence-electron chi connectivity index (χ2n) is 22.3. The smallest absolute Gasteiger partial charge is 0.223 e. The van der Waals surface area contributed by atoms with E-state index in [1.807, 2.05) is 48.5 Å². The number of hydrogen-bond donors (Lipinski definition) is 1. The maximum absolute atomic E-state index is 13.8. The minimum atomic E-state index is 0.0813. The minimum Gasteiger partial charge on any atom is -0.337 e. The summed E-state index contributed by atoms with van der Waals surface area (Å²) in [5.74, 6) is 1.58. The van der Waals surface area contributed by atoms with E-state index in [4.69, 9.17) is 46.4 Å². The molecule has 2 amide bonds. The molecule has 0 spiro atoms. The molecule has 6 aromatic rings. The third kappa shape index (κ3) is 13.6. The number of nitrogens with one attached hydrogen (secondary N) is 1. The lowest BCUT2D eigenvalue weighted by atomic mass is 9.88. The summed E-state index contributed by atoms with van der Waals surface area (Å²) in [5, 5.41) is 6.32. The molecule has 5 aliphatic rings. The molecule has 2 atom stereocenters. The molecule has 6 aromatic carbocycles. The SMILES string of the molecule is C[C@H]1CN(C(c2ccc(Cl)cc2)c2ccc(Cl)cc2)CCN1C(=O)CC1CCN(C2c3ccccc3CCc3ccccc32)CC1.C[C@H]1CN(C(c2ccc(Cl)cc2)c2ccc(Cl)cc2)CCN1C(=O)CC1CCNCC1. The van der Waals surface area contributed by atoms with E-state index in [-0.39, 0.29) is 24.2 Å². The minimum absolute atomic E-state index is 0.0813. The van der Waals surface area contributed by atoms with Crippen molar-refractivity contribution in [3.05, 3.63) is 210 Å². The summed E-state index contributed by atoms with van der Waals surface area (Å²) in [6, 6.07) is 51.3. The van der Waals surface area contributed by atoms with Gasteiger partial charge in [-0.15, -0.1) is 0 Å². The van der Waals surface area contributed by atoms with E-state index in [1.54, 1.807) is 0 Å². The first kappa shape index (κ1) is 55.6. The van der Waals surface area contributed by atoms with Crippen LogP contribution in [0.2, 0.25) is 20.1 Å². The molecule has 0 unspecified atom stereocenters. The number of rotatable bonds is 11. The van der Waals surface area contributed by atoms with Crippen LogP contribution >= 0.6 is 46.4 Å². The molecule has 4 fully saturated rings. The molecule has 8 nitrogen and oxygen atoms in total. The Hall–Kier alpha value is -4.74. The molecule has 1 aliphatic carbocycles. The molecule has 0 radical (unpaired) electrons. The molecule has 0 saturated carbocycles. The van der Waals surface area contributed by atoms with E-state index in [2.05, 4.69) is 141 Å². The first-order valence-electron chi connectivity index (χ1n) is 28.1. The second kappa shape index (κ2) is 26.0. The fourth-order valence-corrected chi connectivity index (χ4v) is 13.6. The van der Waals surface area contributed by atoms with Crippen molar-refractivity contribution in [3.8, 4) is 0 Å². The van der Waals surface area contributed by atoms with Gasteiger partial charge >= 0.3 is 0 Å². The molecule has 77 heavy (non-hydrogen) atoms. The van der Waals surface area contributed by atoms with Crippen LogP contribution in [0.1, 0.15) is 115 Å². The molecule has 11 rings (SSSR count). The zero-order valence-corrected chi connectivity index (χ0v) is 47.7. The van der Waals surface area contributed by atoms with Gasteiger partial charge in [0.25, 0.3) is 0 Å². The number of hydrogen-bond acceptors (Lipinski definition) is 6. The van der Waals surface area contributed by atoms with Gasteiger partial charge in [0.1, 0.15) is 0 Å². The van der Waals surface area contributed by atoms with Crippen molar-refractivity contribution >= 4 is 58.2 Å². The lowest BCUT2D eigenvalue weighted by molar-refractivity contribution is -0.138. The molecular formula is C65H74Cl4N6O2. The molecule has 0 bridgehead atoms. The van der Waals surface area contributed by atoms with Crippen molar-refractivity contribution in [2.24, 2.45) is 11.8 Å². The number of aryl methyl sites for hydroxylation is 2. The third-order valence-corrected chi connectivity index (χ3v) is 18.2. The molecule has 4 saturated heterocycles. The lowest BCUT2D eigenvalue weighted by Crippen LogP contribution is -2.55. The van der Waals surface area contributed by atoms with Crippen LogP contribution in [0.3, 0.4) is 0 Å². The number of fused-ring (bicyclic) bond motifs is 2. The Kier molecular flexibility index (Phi) is 18.8. The number of amides is 2. The Bertz CT molecular complexity index is 2750. The number of carbonyl (C=O) groups excluding carboxylic acids is 2. The molecule has 404 valence electrons. The second-order valence-corrected chi connectivity index (χ2v) is 24.0. The van der Waals surface area contributed by atoms with Gasteiger partial charge in [-0.1, -0.05) is 143 Å². The monoisotopic (exact) mass is 1110 g/mol. The van der Waals surface area contributed by atoms with Crippen LogP contribution in [0, 0.1) is 11.8 Å². The number of nitrogens with zero attached hydrogens (tertiary/aromatic N) is 5. The van der Waals surface area contributed by atoms with E-state index < -0.39 is 0 Å². The van der Waals surface area contributed by atoms with Crippen molar-refractivity contribution in [2.45, 2.75) is 95.4 Å². The zero-order chi connectivity index (χ0) is 53.4. The van der Waals surface area contributed by atoms with Gasteiger partial charge in [0.05, 0.1) is 18.1 Å². The van der Waals surface area contributed by atoms with Gasteiger partial charge in [0, 0.05) is 84.3 Å². The number of likely N-dealkylation sites (tertiary alicyclic amines) is 1. The summed E-state index contributed by atoms with van der Waals surface area (Å²) in [6.45, 7) is 13.3. The Morgan fingerprint density at radius 3 is 1.18 bits per heavy atom. The number of halogens is 4. The van der Waals surface area contributed by atoms with Gasteiger partial charge in [-0.05, 0) is 183 Å². The van der Waals surface area contributed by atoms with Crippen LogP contribution in [0.25, 0.3) is 0 Å². The highest BCUT2D eigenvalue weighted by Crippen LogP contribution is 2.40. The van der Waals surface area contributed by atoms with Gasteiger partial charge in [0.2, 0.25) is 11.8 Å². The molecule has 4 aliphatic heterocycles. The van der Waals surface area contributed by atoms with E-state index in [9.17, 15) is 9.59 Å². The van der Waals surface area contributed by atoms with E-state index >= 15 is 0 Å². The zero-order valence-electron chi connectivity index (χ0n) is 44.7. The molecule has 1 N–H and O–H groups in total. The quantitative estimate of drug-likeness (QED) is 0.139. The highest BCUT2D eigenvalue weighted by molar-refractivity contribution is 6.31. The molecule has 4 heterocycles. The summed E-state index contributed by atoms with van der Waals surface area (Å²) >= 11 is 24.8. The molecular weight excluding hydrogens is 1040 g/mol. The standard InChI is InChI=1S/C40H43Cl2N3O.C25H31Cl2N3O/c1-28-27-44(39(32-12-16-34(41)17-13-32)33-14-18-35(42)19-15-33)24-25-45(28)38(46)26-29-20-22-43(23-21-29)40-36-8-4-2-6-30(36)10-11-31-7-3-5-9-37(31)40;1-18-17-29(14-15-30(18)24(31)16-19-10-12-28-13-11-19)25(20-2-6-22(26)7-3-20)21-4-8-23(27)9-5-21/h2-9,12-19,28-29,39-40H,10-11,20-27H2,1H3;2-9,18-19,25,28H,10-17H2,1H3/t28-;18-/m00/s1. The normalized spacial score (nSPS) is 20.3. The summed E-state index contributed by atoms with van der Waals surface area (Å²) < 4.78 is 0. The van der Waals surface area contributed by atoms with Crippen LogP contribution in [0.15, 0.2) is 146 Å². The molecule has 0 aromatic heterocycles. The van der Waals surface area contributed by atoms with E-state index in [1.165, 1.54) is 44.5 Å². The fourth-order valence-electron chi connectivity index (χ4n) is 13.1. The number of piperazine rings is 2. The van der Waals surface area contributed by atoms with Crippen LogP contribution in [0.5, 0.6) is 0 Å². The predicted molar refractivity (Wildman–Crippen MR) is 316 cm³/mol. The summed E-state index contributed by atoms with van der Waals surface area (Å²) in [5.41, 5.74) is 10.7. The predicted octanol–water partition coefficient (Wildman–Crippen LogP) is 13.6. The van der Waals surface area contributed by atoms with E-state index in [0.717, 1.165) is 124 Å². The van der Waals surface area contributed by atoms with Gasteiger partial charge in [-0.3, -0.25) is 24.3 Å². The van der Waals surface area contributed by atoms with Crippen LogP contribution < -0.4 is 5.32 Å². The summed E-state index contributed by atoms with van der Waals surface area (Å²) in [7, 11) is 0. The average molecular weight is 1110 g/mol. The van der Waals surface area contributed by atoms with Gasteiger partial charge < -0.3 is 15.1 Å². The topological polar surface area (TPSA) is 62.4 Å². The first-order chi connectivity index (χ1) is 37.4. The Morgan fingerprint density at radius 1 is 0.468 bits per heavy atom. The van der Waals surface area contributed by atoms with Crippen molar-refractivity contribution < 1.29 is 9.59 Å². The van der Waals surface area contributed by atoms with Crippen molar-refractivity contribution in [1.29, 1.82) is 0 Å². The first-order valence-corrected chi connectivity index (χ1v) is 29.7. The van der Waals surface area contributed by atoms with Crippen LogP contribution in [0.4, 0.5) is 0 Å². The van der Waals surface area contributed by atoms with Crippen molar-refractivity contribution in [1.82, 2.24) is 29.8 Å². The Balaban J connectivity index is 0.000000189. The average Bonchev–Trinajstić information content (AvgIpc) is 3.63. The van der Waals surface area contributed by atoms with Crippen LogP contribution in [-0.2, 0) is 22.4 Å². The maximum Gasteiger partial charge on any atom is 0.223 e. The van der Waals surface area contributed by atoms with Crippen molar-refractivity contribution in [2.75, 3.05) is 65.4 Å². The van der Waals surface area contributed by atoms with Crippen LogP contribution in [-0.4, -0.2) is 114 Å². The largest absolute Gasteiger partial charge is 0.337 e. The number of carbonyl (C=O) groups is 2. The van der Waals surface area contributed by atoms with Gasteiger partial charge in [-0.2, -0.15) is 0 Å². The Labute approximate surface area is 477 Å².